The zero-order valence-corrected chi connectivity index (χ0v) is 7.81. The maximum absolute atomic E-state index is 10.7. The number of phosphoric ester groups is 1. The summed E-state index contributed by atoms with van der Waals surface area (Å²) in [6.07, 6.45) is 0. The third kappa shape index (κ3) is 8.33. The van der Waals surface area contributed by atoms with E-state index in [4.69, 9.17) is 9.79 Å². The molecule has 0 bridgehead atoms. The molecule has 0 saturated carbocycles. The summed E-state index contributed by atoms with van der Waals surface area (Å²) >= 11 is -1.03. The van der Waals surface area contributed by atoms with Gasteiger partial charge in [-0.15, -0.1) is 0 Å². The van der Waals surface area contributed by atoms with Crippen molar-refractivity contribution in [2.24, 2.45) is 0 Å². The molecule has 0 saturated heterocycles. The lowest BCUT2D eigenvalue weighted by Gasteiger charge is -2.08. The lowest BCUT2D eigenvalue weighted by molar-refractivity contribution is 0.207. The molecule has 1 atom stereocenters. The molecule has 1 unspecified atom stereocenters. The summed E-state index contributed by atoms with van der Waals surface area (Å²) in [4.78, 5) is 16.4. The first-order chi connectivity index (χ1) is 4.95. The largest absolute Gasteiger partial charge is 0.616 e. The fourth-order valence-corrected chi connectivity index (χ4v) is 1.40. The normalized spacial score (nSPS) is 14.9. The maximum atomic E-state index is 10.7. The zero-order chi connectivity index (χ0) is 8.91. The van der Waals surface area contributed by atoms with E-state index in [1.807, 2.05) is 0 Å². The second-order valence-corrected chi connectivity index (χ2v) is 4.86. The molecular formula is C4H11O5PS. The van der Waals surface area contributed by atoms with Gasteiger partial charge in [0, 0.05) is 0 Å². The van der Waals surface area contributed by atoms with Crippen LogP contribution in [-0.4, -0.2) is 32.5 Å². The van der Waals surface area contributed by atoms with Crippen molar-refractivity contribution in [3.63, 3.8) is 0 Å². The van der Waals surface area contributed by atoms with Crippen molar-refractivity contribution in [1.29, 1.82) is 0 Å². The summed E-state index contributed by atoms with van der Waals surface area (Å²) in [5, 5.41) is 0. The van der Waals surface area contributed by atoms with Crippen LogP contribution in [0.5, 0.6) is 0 Å². The summed E-state index contributed by atoms with van der Waals surface area (Å²) in [7, 11) is -4.37. The van der Waals surface area contributed by atoms with Gasteiger partial charge in [0.1, 0.15) is 18.1 Å². The van der Waals surface area contributed by atoms with Gasteiger partial charge in [-0.2, -0.15) is 0 Å². The van der Waals surface area contributed by atoms with Gasteiger partial charge in [0.15, 0.2) is 0 Å². The summed E-state index contributed by atoms with van der Waals surface area (Å²) in [6, 6.07) is 0. The van der Waals surface area contributed by atoms with Crippen LogP contribution >= 0.6 is 7.82 Å². The zero-order valence-electron chi connectivity index (χ0n) is 6.10. The van der Waals surface area contributed by atoms with Crippen molar-refractivity contribution in [3.8, 4) is 0 Å². The van der Waals surface area contributed by atoms with E-state index < -0.39 is 19.0 Å². The average Bonchev–Trinajstić information content (AvgIpc) is 1.85. The van der Waals surface area contributed by atoms with Gasteiger partial charge in [-0.05, 0) is 6.92 Å². The van der Waals surface area contributed by atoms with Crippen LogP contribution in [0.15, 0.2) is 0 Å². The minimum Gasteiger partial charge on any atom is -0.616 e. The van der Waals surface area contributed by atoms with E-state index in [0.29, 0.717) is 5.75 Å². The smallest absolute Gasteiger partial charge is 0.469 e. The molecule has 0 aromatic rings. The molecule has 0 spiro atoms. The Kier molecular flexibility index (Phi) is 5.33. The van der Waals surface area contributed by atoms with Crippen LogP contribution < -0.4 is 0 Å². The second kappa shape index (κ2) is 5.13. The fraction of sp³-hybridized carbons (Fsp3) is 1.00. The molecule has 0 rings (SSSR count). The van der Waals surface area contributed by atoms with Gasteiger partial charge in [0.2, 0.25) is 0 Å². The van der Waals surface area contributed by atoms with Crippen LogP contribution in [-0.2, 0) is 20.3 Å². The Morgan fingerprint density at radius 3 is 2.55 bits per heavy atom. The van der Waals surface area contributed by atoms with Gasteiger partial charge in [-0.1, -0.05) is 11.2 Å². The van der Waals surface area contributed by atoms with Crippen molar-refractivity contribution in [1.82, 2.24) is 0 Å². The molecule has 11 heavy (non-hydrogen) atoms. The highest BCUT2D eigenvalue weighted by Crippen LogP contribution is 2.35. The highest BCUT2D eigenvalue weighted by Gasteiger charge is 2.14. The van der Waals surface area contributed by atoms with Crippen molar-refractivity contribution in [3.05, 3.63) is 0 Å². The Hall–Kier alpha value is 0.420. The van der Waals surface area contributed by atoms with Gasteiger partial charge in [-0.25, -0.2) is 4.57 Å². The first-order valence-electron chi connectivity index (χ1n) is 3.00. The quantitative estimate of drug-likeness (QED) is 0.478. The summed E-state index contributed by atoms with van der Waals surface area (Å²) in [5.41, 5.74) is 0. The predicted molar refractivity (Wildman–Crippen MR) is 41.5 cm³/mol. The molecule has 0 aliphatic rings. The molecule has 0 aromatic heterocycles. The van der Waals surface area contributed by atoms with E-state index in [9.17, 15) is 9.12 Å². The molecule has 0 amide bonds. The second-order valence-electron chi connectivity index (χ2n) is 1.76. The van der Waals surface area contributed by atoms with Crippen LogP contribution in [0.25, 0.3) is 0 Å². The van der Waals surface area contributed by atoms with Gasteiger partial charge in [0.25, 0.3) is 0 Å². The third-order valence-electron chi connectivity index (χ3n) is 0.892. The van der Waals surface area contributed by atoms with Crippen molar-refractivity contribution in [2.45, 2.75) is 6.92 Å². The number of hydrogen-bond acceptors (Lipinski definition) is 3. The summed E-state index contributed by atoms with van der Waals surface area (Å²) in [5.74, 6) is 0.645. The third-order valence-corrected chi connectivity index (χ3v) is 2.68. The van der Waals surface area contributed by atoms with E-state index in [2.05, 4.69) is 4.52 Å². The molecule has 2 N–H and O–H groups in total. The first-order valence-corrected chi connectivity index (χ1v) is 6.02. The number of rotatable bonds is 5. The molecule has 0 aliphatic heterocycles. The van der Waals surface area contributed by atoms with Crippen LogP contribution in [0, 0.1) is 0 Å². The lowest BCUT2D eigenvalue weighted by atomic mass is 10.9. The highest BCUT2D eigenvalue weighted by atomic mass is 32.2. The number of hydrogen-bond donors (Lipinski definition) is 2. The Labute approximate surface area is 68.2 Å². The van der Waals surface area contributed by atoms with Gasteiger partial charge in [-0.3, -0.25) is 4.52 Å². The van der Waals surface area contributed by atoms with Gasteiger partial charge in [0.05, 0.1) is 0 Å². The van der Waals surface area contributed by atoms with Gasteiger partial charge >= 0.3 is 7.82 Å². The summed E-state index contributed by atoms with van der Waals surface area (Å²) < 4.78 is 24.8. The topological polar surface area (TPSA) is 89.8 Å². The molecule has 5 nitrogen and oxygen atoms in total. The Morgan fingerprint density at radius 1 is 1.64 bits per heavy atom. The molecule has 0 heterocycles. The van der Waals surface area contributed by atoms with Crippen LogP contribution in [0.2, 0.25) is 0 Å². The SMILES string of the molecule is CC[S+]([O-])CCOP(=O)(O)O. The fourth-order valence-electron chi connectivity index (χ4n) is 0.393. The Balaban J connectivity index is 3.35. The van der Waals surface area contributed by atoms with Crippen LogP contribution in [0.1, 0.15) is 6.92 Å². The van der Waals surface area contributed by atoms with E-state index in [0.717, 1.165) is 0 Å². The molecular weight excluding hydrogens is 191 g/mol. The van der Waals surface area contributed by atoms with Crippen LogP contribution in [0.4, 0.5) is 0 Å². The van der Waals surface area contributed by atoms with Crippen LogP contribution in [0.3, 0.4) is 0 Å². The Morgan fingerprint density at radius 2 is 2.18 bits per heavy atom. The molecule has 0 fully saturated rings. The van der Waals surface area contributed by atoms with Gasteiger partial charge < -0.3 is 14.3 Å². The van der Waals surface area contributed by atoms with E-state index in [-0.39, 0.29) is 12.4 Å². The van der Waals surface area contributed by atoms with Crippen molar-refractivity contribution >= 4 is 19.0 Å². The van der Waals surface area contributed by atoms with Crippen molar-refractivity contribution in [2.75, 3.05) is 18.1 Å². The predicted octanol–water partition coefficient (Wildman–Crippen LogP) is -0.136. The number of phosphoric acid groups is 1. The average molecular weight is 202 g/mol. The standard InChI is InChI=1S/C4H11O5PS/c1-2-11(8)4-3-9-10(5,6)7/h2-4H2,1H3,(H2,5,6,7). The first kappa shape index (κ1) is 11.4. The molecule has 7 heteroatoms. The van der Waals surface area contributed by atoms with Crippen molar-refractivity contribution < 1.29 is 23.4 Å². The monoisotopic (exact) mass is 202 g/mol. The van der Waals surface area contributed by atoms with E-state index in [1.165, 1.54) is 0 Å². The molecule has 0 radical (unpaired) electrons. The maximum Gasteiger partial charge on any atom is 0.469 e. The molecule has 0 aromatic carbocycles. The lowest BCUT2D eigenvalue weighted by Crippen LogP contribution is -2.13. The minimum absolute atomic E-state index is 0.162. The summed E-state index contributed by atoms with van der Waals surface area (Å²) in [6.45, 7) is 1.57. The Bertz CT molecular complexity index is 145. The molecule has 0 aliphatic carbocycles. The molecule has 68 valence electrons. The highest BCUT2D eigenvalue weighted by molar-refractivity contribution is 7.91. The van der Waals surface area contributed by atoms with E-state index in [1.54, 1.807) is 6.92 Å². The van der Waals surface area contributed by atoms with E-state index >= 15 is 0 Å². The minimum atomic E-state index is -4.37.